The van der Waals surface area contributed by atoms with Crippen LogP contribution in [0.3, 0.4) is 0 Å². The van der Waals surface area contributed by atoms with Gasteiger partial charge in [-0.15, -0.1) is 11.3 Å². The highest BCUT2D eigenvalue weighted by Gasteiger charge is 2.14. The van der Waals surface area contributed by atoms with Crippen LogP contribution < -0.4 is 10.5 Å². The van der Waals surface area contributed by atoms with Crippen LogP contribution in [0.2, 0.25) is 0 Å². The molecule has 0 amide bonds. The molecule has 0 bridgehead atoms. The third-order valence-electron chi connectivity index (χ3n) is 3.14. The van der Waals surface area contributed by atoms with Crippen LogP contribution in [0.25, 0.3) is 0 Å². The summed E-state index contributed by atoms with van der Waals surface area (Å²) in [6, 6.07) is 8.35. The SMILES string of the molecule is Cc1cc(C)c(OC(CN)c2cccs2)cc1C. The van der Waals surface area contributed by atoms with E-state index in [9.17, 15) is 0 Å². The zero-order chi connectivity index (χ0) is 13.1. The number of hydrogen-bond donors (Lipinski definition) is 1. The largest absolute Gasteiger partial charge is 0.483 e. The summed E-state index contributed by atoms with van der Waals surface area (Å²) < 4.78 is 6.06. The topological polar surface area (TPSA) is 35.2 Å². The predicted octanol–water partition coefficient (Wildman–Crippen LogP) is 3.75. The van der Waals surface area contributed by atoms with Gasteiger partial charge in [-0.3, -0.25) is 0 Å². The summed E-state index contributed by atoms with van der Waals surface area (Å²) in [5.74, 6) is 0.932. The van der Waals surface area contributed by atoms with Crippen molar-refractivity contribution in [1.29, 1.82) is 0 Å². The lowest BCUT2D eigenvalue weighted by Crippen LogP contribution is -2.17. The fraction of sp³-hybridized carbons (Fsp3) is 0.333. The Morgan fingerprint density at radius 2 is 1.89 bits per heavy atom. The molecule has 96 valence electrons. The van der Waals surface area contributed by atoms with Crippen molar-refractivity contribution in [2.24, 2.45) is 5.73 Å². The van der Waals surface area contributed by atoms with E-state index in [1.807, 2.05) is 6.07 Å². The summed E-state index contributed by atoms with van der Waals surface area (Å²) in [6.07, 6.45) is -0.0502. The van der Waals surface area contributed by atoms with E-state index >= 15 is 0 Å². The molecule has 2 nitrogen and oxygen atoms in total. The maximum atomic E-state index is 6.06. The highest BCUT2D eigenvalue weighted by atomic mass is 32.1. The standard InChI is InChI=1S/C15H19NOS/c1-10-7-12(3)13(8-11(10)2)17-14(9-16)15-5-4-6-18-15/h4-8,14H,9,16H2,1-3H3. The summed E-state index contributed by atoms with van der Waals surface area (Å²) in [4.78, 5) is 1.18. The zero-order valence-electron chi connectivity index (χ0n) is 11.1. The maximum absolute atomic E-state index is 6.06. The molecule has 0 aliphatic heterocycles. The Balaban J connectivity index is 2.25. The van der Waals surface area contributed by atoms with Gasteiger partial charge in [0.15, 0.2) is 0 Å². The van der Waals surface area contributed by atoms with Crippen molar-refractivity contribution in [2.75, 3.05) is 6.54 Å². The van der Waals surface area contributed by atoms with Gasteiger partial charge >= 0.3 is 0 Å². The van der Waals surface area contributed by atoms with Crippen molar-refractivity contribution in [2.45, 2.75) is 26.9 Å². The summed E-state index contributed by atoms with van der Waals surface area (Å²) in [5.41, 5.74) is 9.51. The van der Waals surface area contributed by atoms with Gasteiger partial charge in [-0.25, -0.2) is 0 Å². The van der Waals surface area contributed by atoms with Crippen LogP contribution in [0.15, 0.2) is 29.6 Å². The van der Waals surface area contributed by atoms with Gasteiger partial charge in [0.25, 0.3) is 0 Å². The maximum Gasteiger partial charge on any atom is 0.145 e. The van der Waals surface area contributed by atoms with Crippen molar-refractivity contribution in [1.82, 2.24) is 0 Å². The average Bonchev–Trinajstić information content (AvgIpc) is 2.85. The van der Waals surface area contributed by atoms with E-state index in [0.29, 0.717) is 6.54 Å². The Morgan fingerprint density at radius 1 is 1.17 bits per heavy atom. The summed E-state index contributed by atoms with van der Waals surface area (Å²) in [7, 11) is 0. The van der Waals surface area contributed by atoms with Crippen LogP contribution in [0, 0.1) is 20.8 Å². The van der Waals surface area contributed by atoms with E-state index in [1.54, 1.807) is 11.3 Å². The third-order valence-corrected chi connectivity index (χ3v) is 4.10. The van der Waals surface area contributed by atoms with Crippen LogP contribution in [0.4, 0.5) is 0 Å². The highest BCUT2D eigenvalue weighted by Crippen LogP contribution is 2.29. The van der Waals surface area contributed by atoms with Gasteiger partial charge < -0.3 is 10.5 Å². The van der Waals surface area contributed by atoms with Gasteiger partial charge in [0.05, 0.1) is 0 Å². The number of rotatable bonds is 4. The number of ether oxygens (including phenoxy) is 1. The molecule has 18 heavy (non-hydrogen) atoms. The van der Waals surface area contributed by atoms with Crippen LogP contribution in [-0.4, -0.2) is 6.54 Å². The predicted molar refractivity (Wildman–Crippen MR) is 77.4 cm³/mol. The molecular weight excluding hydrogens is 242 g/mol. The van der Waals surface area contributed by atoms with Gasteiger partial charge in [-0.2, -0.15) is 0 Å². The highest BCUT2D eigenvalue weighted by molar-refractivity contribution is 7.10. The molecular formula is C15H19NOS. The quantitative estimate of drug-likeness (QED) is 0.909. The molecule has 0 aliphatic carbocycles. The second-order valence-corrected chi connectivity index (χ2v) is 5.54. The Bertz CT molecular complexity index is 520. The molecule has 0 saturated carbocycles. The first-order valence-electron chi connectivity index (χ1n) is 6.09. The first-order chi connectivity index (χ1) is 8.61. The Kier molecular flexibility index (Phi) is 4.04. The van der Waals surface area contributed by atoms with Gasteiger partial charge in [0.2, 0.25) is 0 Å². The first kappa shape index (κ1) is 13.1. The minimum Gasteiger partial charge on any atom is -0.483 e. The fourth-order valence-corrected chi connectivity index (χ4v) is 2.68. The van der Waals surface area contributed by atoms with E-state index in [-0.39, 0.29) is 6.10 Å². The summed E-state index contributed by atoms with van der Waals surface area (Å²) in [5, 5.41) is 2.05. The molecule has 2 N–H and O–H groups in total. The van der Waals surface area contributed by atoms with Crippen molar-refractivity contribution < 1.29 is 4.74 Å². The zero-order valence-corrected chi connectivity index (χ0v) is 11.9. The van der Waals surface area contributed by atoms with Crippen molar-refractivity contribution in [3.05, 3.63) is 51.2 Å². The van der Waals surface area contributed by atoms with Gasteiger partial charge in [0, 0.05) is 11.4 Å². The molecule has 1 aromatic carbocycles. The Hall–Kier alpha value is -1.32. The molecule has 3 heteroatoms. The molecule has 2 rings (SSSR count). The van der Waals surface area contributed by atoms with Crippen molar-refractivity contribution in [3.63, 3.8) is 0 Å². The van der Waals surface area contributed by atoms with Gasteiger partial charge in [0.1, 0.15) is 11.9 Å². The molecule has 1 aromatic heterocycles. The number of thiophene rings is 1. The third kappa shape index (κ3) is 2.74. The van der Waals surface area contributed by atoms with Crippen LogP contribution in [0.1, 0.15) is 27.7 Å². The lowest BCUT2D eigenvalue weighted by molar-refractivity contribution is 0.216. The second kappa shape index (κ2) is 5.55. The van der Waals surface area contributed by atoms with Crippen LogP contribution >= 0.6 is 11.3 Å². The summed E-state index contributed by atoms with van der Waals surface area (Å²) in [6.45, 7) is 6.78. The monoisotopic (exact) mass is 261 g/mol. The molecule has 0 aliphatic rings. The lowest BCUT2D eigenvalue weighted by Gasteiger charge is -2.18. The van der Waals surface area contributed by atoms with Gasteiger partial charge in [-0.05, 0) is 55.0 Å². The number of aryl methyl sites for hydroxylation is 3. The first-order valence-corrected chi connectivity index (χ1v) is 6.97. The molecule has 0 saturated heterocycles. The summed E-state index contributed by atoms with van der Waals surface area (Å²) >= 11 is 1.68. The lowest BCUT2D eigenvalue weighted by atomic mass is 10.1. The van der Waals surface area contributed by atoms with Crippen molar-refractivity contribution >= 4 is 11.3 Å². The molecule has 0 radical (unpaired) electrons. The van der Waals surface area contributed by atoms with E-state index in [2.05, 4.69) is 44.4 Å². The number of hydrogen-bond acceptors (Lipinski definition) is 3. The van der Waals surface area contributed by atoms with Crippen LogP contribution in [-0.2, 0) is 0 Å². The van der Waals surface area contributed by atoms with E-state index in [0.717, 1.165) is 11.3 Å². The molecule has 1 heterocycles. The number of benzene rings is 1. The Morgan fingerprint density at radius 3 is 2.50 bits per heavy atom. The average molecular weight is 261 g/mol. The smallest absolute Gasteiger partial charge is 0.145 e. The van der Waals surface area contributed by atoms with E-state index in [4.69, 9.17) is 10.5 Å². The normalized spacial score (nSPS) is 12.4. The van der Waals surface area contributed by atoms with E-state index in [1.165, 1.54) is 16.0 Å². The molecule has 0 fully saturated rings. The van der Waals surface area contributed by atoms with Crippen molar-refractivity contribution in [3.8, 4) is 5.75 Å². The van der Waals surface area contributed by atoms with Gasteiger partial charge in [-0.1, -0.05) is 12.1 Å². The molecule has 0 spiro atoms. The fourth-order valence-electron chi connectivity index (χ4n) is 1.91. The van der Waals surface area contributed by atoms with E-state index < -0.39 is 0 Å². The number of nitrogens with two attached hydrogens (primary N) is 1. The minimum absolute atomic E-state index is 0.0502. The Labute approximate surface area is 112 Å². The van der Waals surface area contributed by atoms with Crippen LogP contribution in [0.5, 0.6) is 5.75 Å². The minimum atomic E-state index is -0.0502. The molecule has 1 unspecified atom stereocenters. The second-order valence-electron chi connectivity index (χ2n) is 4.56. The molecule has 2 aromatic rings. The molecule has 1 atom stereocenters.